The molecule has 19 heavy (non-hydrogen) atoms. The Hall–Kier alpha value is -1.91. The van der Waals surface area contributed by atoms with Crippen molar-refractivity contribution in [3.8, 4) is 0 Å². The molecule has 4 nitrogen and oxygen atoms in total. The average Bonchev–Trinajstić information content (AvgIpc) is 2.26. The Morgan fingerprint density at radius 1 is 1.37 bits per heavy atom. The number of rotatable bonds is 5. The number of hydrogen-bond donors (Lipinski definition) is 2. The molecule has 0 bridgehead atoms. The van der Waals surface area contributed by atoms with Crippen molar-refractivity contribution in [2.75, 3.05) is 0 Å². The predicted molar refractivity (Wildman–Crippen MR) is 69.5 cm³/mol. The first-order chi connectivity index (χ1) is 8.81. The first-order valence-corrected chi connectivity index (χ1v) is 6.10. The number of carboxylic acids is 1. The molecule has 0 aromatic heterocycles. The predicted octanol–water partition coefficient (Wildman–Crippen LogP) is 2.36. The molecule has 1 amide bonds. The molecule has 1 rings (SSSR count). The standard InChI is InChI=1S/C14H18FNO3/c1-8(2)12(7-13(17)18)16-14(19)11-5-4-10(15)6-9(11)3/h4-6,8,12H,7H2,1-3H3,(H,16,19)(H,17,18). The Labute approximate surface area is 111 Å². The SMILES string of the molecule is Cc1cc(F)ccc1C(=O)NC(CC(=O)O)C(C)C. The molecule has 1 aromatic rings. The Morgan fingerprint density at radius 3 is 2.47 bits per heavy atom. The Balaban J connectivity index is 2.84. The van der Waals surface area contributed by atoms with Crippen molar-refractivity contribution in [2.45, 2.75) is 33.2 Å². The normalized spacial score (nSPS) is 12.3. The lowest BCUT2D eigenvalue weighted by atomic mass is 10.00. The lowest BCUT2D eigenvalue weighted by molar-refractivity contribution is -0.137. The molecule has 0 aliphatic heterocycles. The van der Waals surface area contributed by atoms with Gasteiger partial charge in [0, 0.05) is 11.6 Å². The second-order valence-corrected chi connectivity index (χ2v) is 4.88. The van der Waals surface area contributed by atoms with Crippen molar-refractivity contribution in [1.82, 2.24) is 5.32 Å². The number of aryl methyl sites for hydroxylation is 1. The topological polar surface area (TPSA) is 66.4 Å². The quantitative estimate of drug-likeness (QED) is 0.860. The minimum atomic E-state index is -0.963. The minimum Gasteiger partial charge on any atom is -0.481 e. The summed E-state index contributed by atoms with van der Waals surface area (Å²) in [5, 5.41) is 11.5. The number of nitrogens with one attached hydrogen (secondary N) is 1. The van der Waals surface area contributed by atoms with Crippen molar-refractivity contribution >= 4 is 11.9 Å². The van der Waals surface area contributed by atoms with Crippen LogP contribution < -0.4 is 5.32 Å². The van der Waals surface area contributed by atoms with Gasteiger partial charge in [0.05, 0.1) is 6.42 Å². The number of halogens is 1. The summed E-state index contributed by atoms with van der Waals surface area (Å²) in [5.41, 5.74) is 0.882. The van der Waals surface area contributed by atoms with E-state index in [4.69, 9.17) is 5.11 Å². The van der Waals surface area contributed by atoms with Crippen molar-refractivity contribution in [2.24, 2.45) is 5.92 Å². The van der Waals surface area contributed by atoms with Crippen LogP contribution in [0.25, 0.3) is 0 Å². The van der Waals surface area contributed by atoms with Gasteiger partial charge in [0.15, 0.2) is 0 Å². The third-order valence-corrected chi connectivity index (χ3v) is 2.95. The van der Waals surface area contributed by atoms with Crippen LogP contribution in [-0.2, 0) is 4.79 Å². The van der Waals surface area contributed by atoms with Gasteiger partial charge in [-0.3, -0.25) is 9.59 Å². The number of amides is 1. The van der Waals surface area contributed by atoms with E-state index in [9.17, 15) is 14.0 Å². The van der Waals surface area contributed by atoms with Gasteiger partial charge in [0.1, 0.15) is 5.82 Å². The van der Waals surface area contributed by atoms with Gasteiger partial charge in [-0.05, 0) is 36.6 Å². The monoisotopic (exact) mass is 267 g/mol. The highest BCUT2D eigenvalue weighted by atomic mass is 19.1. The van der Waals surface area contributed by atoms with Crippen LogP contribution in [0.2, 0.25) is 0 Å². The van der Waals surface area contributed by atoms with Gasteiger partial charge in [-0.15, -0.1) is 0 Å². The Morgan fingerprint density at radius 2 is 2.00 bits per heavy atom. The van der Waals surface area contributed by atoms with Crippen molar-refractivity contribution in [1.29, 1.82) is 0 Å². The zero-order valence-corrected chi connectivity index (χ0v) is 11.2. The summed E-state index contributed by atoms with van der Waals surface area (Å²) >= 11 is 0. The summed E-state index contributed by atoms with van der Waals surface area (Å²) < 4.78 is 13.0. The molecule has 5 heteroatoms. The second-order valence-electron chi connectivity index (χ2n) is 4.88. The smallest absolute Gasteiger partial charge is 0.305 e. The lowest BCUT2D eigenvalue weighted by Gasteiger charge is -2.21. The van der Waals surface area contributed by atoms with E-state index in [1.807, 2.05) is 13.8 Å². The van der Waals surface area contributed by atoms with Crippen LogP contribution >= 0.6 is 0 Å². The number of carbonyl (C=O) groups excluding carboxylic acids is 1. The summed E-state index contributed by atoms with van der Waals surface area (Å²) in [6.45, 7) is 5.32. The van der Waals surface area contributed by atoms with Gasteiger partial charge in [0.25, 0.3) is 5.91 Å². The van der Waals surface area contributed by atoms with Crippen molar-refractivity contribution < 1.29 is 19.1 Å². The first kappa shape index (κ1) is 15.1. The van der Waals surface area contributed by atoms with Crippen LogP contribution in [0.3, 0.4) is 0 Å². The molecular weight excluding hydrogens is 249 g/mol. The molecule has 0 aliphatic rings. The minimum absolute atomic E-state index is 0.000745. The van der Waals surface area contributed by atoms with E-state index < -0.39 is 17.8 Å². The maximum absolute atomic E-state index is 13.0. The fourth-order valence-corrected chi connectivity index (χ4v) is 1.77. The van der Waals surface area contributed by atoms with E-state index in [0.717, 1.165) is 0 Å². The first-order valence-electron chi connectivity index (χ1n) is 6.10. The van der Waals surface area contributed by atoms with Crippen LogP contribution in [0, 0.1) is 18.7 Å². The van der Waals surface area contributed by atoms with Crippen LogP contribution in [0.1, 0.15) is 36.2 Å². The zero-order valence-electron chi connectivity index (χ0n) is 11.2. The van der Waals surface area contributed by atoms with E-state index in [1.165, 1.54) is 18.2 Å². The van der Waals surface area contributed by atoms with Crippen LogP contribution in [0.5, 0.6) is 0 Å². The summed E-state index contributed by atoms with van der Waals surface area (Å²) in [6.07, 6.45) is -0.135. The molecule has 0 radical (unpaired) electrons. The molecule has 1 aromatic carbocycles. The van der Waals surface area contributed by atoms with E-state index in [-0.39, 0.29) is 18.2 Å². The van der Waals surface area contributed by atoms with Crippen molar-refractivity contribution in [3.05, 3.63) is 35.1 Å². The molecule has 0 saturated heterocycles. The molecular formula is C14H18FNO3. The van der Waals surface area contributed by atoms with Gasteiger partial charge in [-0.2, -0.15) is 0 Å². The molecule has 0 fully saturated rings. The number of benzene rings is 1. The summed E-state index contributed by atoms with van der Waals surface area (Å²) in [4.78, 5) is 22.8. The van der Waals surface area contributed by atoms with E-state index >= 15 is 0 Å². The molecule has 0 aliphatic carbocycles. The van der Waals surface area contributed by atoms with Crippen LogP contribution in [0.4, 0.5) is 4.39 Å². The molecule has 0 heterocycles. The summed E-state index contributed by atoms with van der Waals surface area (Å²) in [5.74, 6) is -1.74. The maximum atomic E-state index is 13.0. The summed E-state index contributed by atoms with van der Waals surface area (Å²) in [6, 6.07) is 3.44. The molecule has 1 atom stereocenters. The Bertz CT molecular complexity index is 486. The highest BCUT2D eigenvalue weighted by Crippen LogP contribution is 2.12. The highest BCUT2D eigenvalue weighted by molar-refractivity contribution is 5.96. The summed E-state index contributed by atoms with van der Waals surface area (Å²) in [7, 11) is 0. The van der Waals surface area contributed by atoms with E-state index in [1.54, 1.807) is 6.92 Å². The third kappa shape index (κ3) is 4.35. The number of hydrogen-bond acceptors (Lipinski definition) is 2. The Kier molecular flexibility index (Phi) is 5.03. The largest absolute Gasteiger partial charge is 0.481 e. The van der Waals surface area contributed by atoms with Crippen LogP contribution in [0.15, 0.2) is 18.2 Å². The molecule has 1 unspecified atom stereocenters. The van der Waals surface area contributed by atoms with Gasteiger partial charge >= 0.3 is 5.97 Å². The zero-order chi connectivity index (χ0) is 14.6. The van der Waals surface area contributed by atoms with Gasteiger partial charge in [-0.1, -0.05) is 13.8 Å². The fourth-order valence-electron chi connectivity index (χ4n) is 1.77. The van der Waals surface area contributed by atoms with Gasteiger partial charge in [-0.25, -0.2) is 4.39 Å². The number of carboxylic acid groups (broad SMARTS) is 1. The van der Waals surface area contributed by atoms with Crippen LogP contribution in [-0.4, -0.2) is 23.0 Å². The van der Waals surface area contributed by atoms with Gasteiger partial charge < -0.3 is 10.4 Å². The maximum Gasteiger partial charge on any atom is 0.305 e. The number of aliphatic carboxylic acids is 1. The lowest BCUT2D eigenvalue weighted by Crippen LogP contribution is -2.40. The molecule has 0 saturated carbocycles. The van der Waals surface area contributed by atoms with E-state index in [0.29, 0.717) is 11.1 Å². The van der Waals surface area contributed by atoms with Gasteiger partial charge in [0.2, 0.25) is 0 Å². The molecule has 104 valence electrons. The molecule has 0 spiro atoms. The van der Waals surface area contributed by atoms with E-state index in [2.05, 4.69) is 5.32 Å². The number of carbonyl (C=O) groups is 2. The highest BCUT2D eigenvalue weighted by Gasteiger charge is 2.20. The third-order valence-electron chi connectivity index (χ3n) is 2.95. The average molecular weight is 267 g/mol. The fraction of sp³-hybridized carbons (Fsp3) is 0.429. The molecule has 2 N–H and O–H groups in total. The second kappa shape index (κ2) is 6.31. The van der Waals surface area contributed by atoms with Crippen molar-refractivity contribution in [3.63, 3.8) is 0 Å².